The highest BCUT2D eigenvalue weighted by molar-refractivity contribution is 5.85. The van der Waals surface area contributed by atoms with E-state index in [0.717, 1.165) is 54.2 Å². The first kappa shape index (κ1) is 17.1. The molecule has 1 aromatic carbocycles. The molecule has 2 N–H and O–H groups in total. The number of aliphatic hydroxyl groups is 1. The van der Waals surface area contributed by atoms with E-state index < -0.39 is 6.10 Å². The van der Waals surface area contributed by atoms with Crippen LogP contribution in [0.3, 0.4) is 0 Å². The van der Waals surface area contributed by atoms with E-state index in [1.807, 2.05) is 25.3 Å². The average Bonchev–Trinajstić information content (AvgIpc) is 2.98. The average molecular weight is 350 g/mol. The van der Waals surface area contributed by atoms with Crippen LogP contribution in [-0.4, -0.2) is 52.7 Å². The van der Waals surface area contributed by atoms with Crippen LogP contribution in [0.15, 0.2) is 42.6 Å². The van der Waals surface area contributed by atoms with Gasteiger partial charge in [0, 0.05) is 61.1 Å². The first-order valence-electron chi connectivity index (χ1n) is 9.27. The number of pyridine rings is 1. The number of hydrogen-bond donors (Lipinski definition) is 2. The number of fused-ring (bicyclic) bond motifs is 1. The molecule has 1 aliphatic heterocycles. The summed E-state index contributed by atoms with van der Waals surface area (Å²) in [6, 6.07) is 12.4. The second kappa shape index (κ2) is 7.09. The zero-order chi connectivity index (χ0) is 18.1. The number of aromatic nitrogens is 2. The number of rotatable bonds is 4. The van der Waals surface area contributed by atoms with Gasteiger partial charge < -0.3 is 15.0 Å². The van der Waals surface area contributed by atoms with Crippen LogP contribution in [0.25, 0.3) is 10.9 Å². The molecule has 0 bridgehead atoms. The van der Waals surface area contributed by atoms with Crippen LogP contribution in [0, 0.1) is 13.8 Å². The Labute approximate surface area is 154 Å². The van der Waals surface area contributed by atoms with Gasteiger partial charge in [-0.05, 0) is 37.6 Å². The van der Waals surface area contributed by atoms with E-state index in [1.165, 1.54) is 5.56 Å². The van der Waals surface area contributed by atoms with Gasteiger partial charge in [-0.2, -0.15) is 0 Å². The Bertz CT molecular complexity index is 882. The SMILES string of the molecule is Cc1ccc2c(C(O)CN3CCN(c4ccccn4)CC3)c(C)[nH]c2c1. The van der Waals surface area contributed by atoms with Crippen LogP contribution in [-0.2, 0) is 0 Å². The Morgan fingerprint density at radius 2 is 1.92 bits per heavy atom. The number of piperazine rings is 1. The zero-order valence-corrected chi connectivity index (χ0v) is 15.4. The molecule has 1 fully saturated rings. The lowest BCUT2D eigenvalue weighted by atomic mass is 10.0. The molecule has 1 unspecified atom stereocenters. The third-order valence-electron chi connectivity index (χ3n) is 5.30. The van der Waals surface area contributed by atoms with Gasteiger partial charge in [0.05, 0.1) is 6.10 Å². The van der Waals surface area contributed by atoms with Gasteiger partial charge in [-0.25, -0.2) is 4.98 Å². The molecule has 136 valence electrons. The molecule has 4 rings (SSSR count). The highest BCUT2D eigenvalue weighted by atomic mass is 16.3. The molecule has 5 nitrogen and oxygen atoms in total. The maximum absolute atomic E-state index is 10.9. The first-order chi connectivity index (χ1) is 12.6. The summed E-state index contributed by atoms with van der Waals surface area (Å²) in [6.07, 6.45) is 1.36. The van der Waals surface area contributed by atoms with Crippen molar-refractivity contribution >= 4 is 16.7 Å². The maximum atomic E-state index is 10.9. The van der Waals surface area contributed by atoms with Crippen molar-refractivity contribution < 1.29 is 5.11 Å². The van der Waals surface area contributed by atoms with Crippen LogP contribution in [0.1, 0.15) is 22.9 Å². The van der Waals surface area contributed by atoms with Crippen molar-refractivity contribution in [2.75, 3.05) is 37.6 Å². The summed E-state index contributed by atoms with van der Waals surface area (Å²) >= 11 is 0. The van der Waals surface area contributed by atoms with Crippen molar-refractivity contribution in [3.63, 3.8) is 0 Å². The number of aromatic amines is 1. The number of β-amino-alcohol motifs (C(OH)–C–C–N with tert-alkyl or cyclic N) is 1. The fourth-order valence-corrected chi connectivity index (χ4v) is 3.93. The van der Waals surface area contributed by atoms with Crippen LogP contribution in [0.2, 0.25) is 0 Å². The van der Waals surface area contributed by atoms with Crippen molar-refractivity contribution in [1.29, 1.82) is 0 Å². The molecule has 5 heteroatoms. The number of H-pyrrole nitrogens is 1. The van der Waals surface area contributed by atoms with Crippen LogP contribution in [0.4, 0.5) is 5.82 Å². The van der Waals surface area contributed by atoms with Gasteiger partial charge in [0.2, 0.25) is 0 Å². The minimum absolute atomic E-state index is 0.479. The molecule has 3 heterocycles. The number of hydrogen-bond acceptors (Lipinski definition) is 4. The zero-order valence-electron chi connectivity index (χ0n) is 15.4. The highest BCUT2D eigenvalue weighted by Gasteiger charge is 2.23. The molecular formula is C21H26N4O. The maximum Gasteiger partial charge on any atom is 0.128 e. The van der Waals surface area contributed by atoms with Crippen molar-refractivity contribution in [1.82, 2.24) is 14.9 Å². The third kappa shape index (κ3) is 3.32. The fourth-order valence-electron chi connectivity index (χ4n) is 3.93. The molecule has 0 amide bonds. The highest BCUT2D eigenvalue weighted by Crippen LogP contribution is 2.29. The lowest BCUT2D eigenvalue weighted by Crippen LogP contribution is -2.47. The fraction of sp³-hybridized carbons (Fsp3) is 0.381. The lowest BCUT2D eigenvalue weighted by molar-refractivity contribution is 0.110. The predicted molar refractivity (Wildman–Crippen MR) is 106 cm³/mol. The summed E-state index contributed by atoms with van der Waals surface area (Å²) in [4.78, 5) is 12.5. The Morgan fingerprint density at radius 3 is 2.65 bits per heavy atom. The van der Waals surface area contributed by atoms with E-state index >= 15 is 0 Å². The summed E-state index contributed by atoms with van der Waals surface area (Å²) in [5, 5.41) is 12.0. The Kier molecular flexibility index (Phi) is 4.66. The molecule has 0 saturated carbocycles. The first-order valence-corrected chi connectivity index (χ1v) is 9.27. The lowest BCUT2D eigenvalue weighted by Gasteiger charge is -2.36. The largest absolute Gasteiger partial charge is 0.387 e. The van der Waals surface area contributed by atoms with E-state index in [0.29, 0.717) is 6.54 Å². The van der Waals surface area contributed by atoms with E-state index in [-0.39, 0.29) is 0 Å². The van der Waals surface area contributed by atoms with Gasteiger partial charge in [-0.1, -0.05) is 18.2 Å². The number of anilines is 1. The molecule has 2 aromatic heterocycles. The minimum Gasteiger partial charge on any atom is -0.387 e. The Hall–Kier alpha value is -2.37. The van der Waals surface area contributed by atoms with Crippen LogP contribution in [0.5, 0.6) is 0 Å². The monoisotopic (exact) mass is 350 g/mol. The minimum atomic E-state index is -0.479. The van der Waals surface area contributed by atoms with E-state index in [1.54, 1.807) is 0 Å². The van der Waals surface area contributed by atoms with Gasteiger partial charge >= 0.3 is 0 Å². The number of nitrogens with zero attached hydrogens (tertiary/aromatic N) is 3. The molecule has 1 saturated heterocycles. The van der Waals surface area contributed by atoms with Crippen molar-refractivity contribution in [2.24, 2.45) is 0 Å². The second-order valence-corrected chi connectivity index (χ2v) is 7.20. The summed E-state index contributed by atoms with van der Waals surface area (Å²) in [7, 11) is 0. The molecule has 0 radical (unpaired) electrons. The molecule has 26 heavy (non-hydrogen) atoms. The van der Waals surface area contributed by atoms with Crippen LogP contribution >= 0.6 is 0 Å². The third-order valence-corrected chi connectivity index (χ3v) is 5.30. The predicted octanol–water partition coefficient (Wildman–Crippen LogP) is 3.04. The smallest absolute Gasteiger partial charge is 0.128 e. The second-order valence-electron chi connectivity index (χ2n) is 7.20. The molecule has 3 aromatic rings. The standard InChI is InChI=1S/C21H26N4O/c1-15-6-7-17-18(13-15)23-16(2)21(17)19(26)14-24-9-11-25(12-10-24)20-5-3-4-8-22-20/h3-8,13,19,23,26H,9-12,14H2,1-2H3. The number of aryl methyl sites for hydroxylation is 2. The van der Waals surface area contributed by atoms with E-state index in [2.05, 4.69) is 51.0 Å². The van der Waals surface area contributed by atoms with Crippen LogP contribution < -0.4 is 4.90 Å². The Balaban J connectivity index is 1.43. The van der Waals surface area contributed by atoms with Gasteiger partial charge in [0.1, 0.15) is 5.82 Å². The molecule has 1 atom stereocenters. The molecule has 1 aliphatic rings. The number of nitrogens with one attached hydrogen (secondary N) is 1. The molecule has 0 spiro atoms. The quantitative estimate of drug-likeness (QED) is 0.759. The van der Waals surface area contributed by atoms with Gasteiger partial charge in [-0.15, -0.1) is 0 Å². The van der Waals surface area contributed by atoms with E-state index in [9.17, 15) is 5.11 Å². The number of aliphatic hydroxyl groups excluding tert-OH is 1. The summed E-state index contributed by atoms with van der Waals surface area (Å²) < 4.78 is 0. The molecular weight excluding hydrogens is 324 g/mol. The van der Waals surface area contributed by atoms with Crippen molar-refractivity contribution in [3.05, 3.63) is 59.4 Å². The summed E-state index contributed by atoms with van der Waals surface area (Å²) in [6.45, 7) is 8.56. The van der Waals surface area contributed by atoms with Crippen molar-refractivity contribution in [3.8, 4) is 0 Å². The normalized spacial score (nSPS) is 17.0. The topological polar surface area (TPSA) is 55.4 Å². The summed E-state index contributed by atoms with van der Waals surface area (Å²) in [5.74, 6) is 1.04. The van der Waals surface area contributed by atoms with E-state index in [4.69, 9.17) is 0 Å². The van der Waals surface area contributed by atoms with Gasteiger partial charge in [0.25, 0.3) is 0 Å². The number of benzene rings is 1. The summed E-state index contributed by atoms with van der Waals surface area (Å²) in [5.41, 5.74) is 4.43. The van der Waals surface area contributed by atoms with Crippen molar-refractivity contribution in [2.45, 2.75) is 20.0 Å². The van der Waals surface area contributed by atoms with Gasteiger partial charge in [0.15, 0.2) is 0 Å². The Morgan fingerprint density at radius 1 is 1.12 bits per heavy atom. The van der Waals surface area contributed by atoms with Gasteiger partial charge in [-0.3, -0.25) is 4.90 Å². The molecule has 0 aliphatic carbocycles.